The molecule has 4 aliphatic rings. The van der Waals surface area contributed by atoms with E-state index in [0.717, 1.165) is 37.9 Å². The van der Waals surface area contributed by atoms with Crippen LogP contribution in [0.1, 0.15) is 56.2 Å². The van der Waals surface area contributed by atoms with Crippen LogP contribution in [0.4, 0.5) is 0 Å². The van der Waals surface area contributed by atoms with E-state index >= 15 is 0 Å². The SMILES string of the molecule is CC1CC=Cc2c1c1ccccc1n2C1=CC(n2c3ccccc3c3c2ccc2c4ccccc4n(C4=CC=CCC4)c23)=IC(C2=CC=CCC2)=N1. The van der Waals surface area contributed by atoms with E-state index in [2.05, 4.69) is 160 Å². The van der Waals surface area contributed by atoms with Gasteiger partial charge >= 0.3 is 0 Å². The van der Waals surface area contributed by atoms with Crippen molar-refractivity contribution in [3.63, 3.8) is 0 Å². The van der Waals surface area contributed by atoms with Gasteiger partial charge in [0.2, 0.25) is 0 Å². The molecule has 7 aromatic rings. The first-order valence-corrected chi connectivity index (χ1v) is 20.7. The molecule has 52 heavy (non-hydrogen) atoms. The van der Waals surface area contributed by atoms with Crippen LogP contribution >= 0.6 is 20.7 Å². The van der Waals surface area contributed by atoms with Crippen molar-refractivity contribution in [3.05, 3.63) is 150 Å². The lowest BCUT2D eigenvalue weighted by Crippen LogP contribution is -2.15. The van der Waals surface area contributed by atoms with E-state index in [4.69, 9.17) is 4.99 Å². The summed E-state index contributed by atoms with van der Waals surface area (Å²) in [6.45, 7) is 2.36. The highest BCUT2D eigenvalue weighted by Crippen LogP contribution is 2.44. The van der Waals surface area contributed by atoms with Crippen LogP contribution in [0.25, 0.3) is 72.1 Å². The third-order valence-electron chi connectivity index (χ3n) is 11.3. The predicted molar refractivity (Wildman–Crippen MR) is 232 cm³/mol. The molecule has 0 radical (unpaired) electrons. The minimum atomic E-state index is -0.607. The van der Waals surface area contributed by atoms with Crippen LogP contribution < -0.4 is 0 Å². The second-order valence-corrected chi connectivity index (χ2v) is 17.0. The van der Waals surface area contributed by atoms with Crippen LogP contribution in [0.2, 0.25) is 0 Å². The van der Waals surface area contributed by atoms with Gasteiger partial charge < -0.3 is 9.13 Å². The van der Waals surface area contributed by atoms with E-state index in [-0.39, 0.29) is 0 Å². The number of allylic oxidation sites excluding steroid dienone is 10. The second kappa shape index (κ2) is 11.9. The lowest BCUT2D eigenvalue weighted by atomic mass is 9.91. The molecule has 3 aromatic heterocycles. The van der Waals surface area contributed by atoms with Gasteiger partial charge in [0.1, 0.15) is 9.54 Å². The smallest absolute Gasteiger partial charge is 0.141 e. The fourth-order valence-corrected chi connectivity index (χ4v) is 11.9. The monoisotopic (exact) mass is 784 g/mol. The summed E-state index contributed by atoms with van der Waals surface area (Å²) in [5, 5.41) is 6.59. The van der Waals surface area contributed by atoms with E-state index < -0.39 is 20.7 Å². The number of rotatable bonds is 4. The van der Waals surface area contributed by atoms with Crippen molar-refractivity contribution in [1.29, 1.82) is 0 Å². The van der Waals surface area contributed by atoms with Crippen molar-refractivity contribution < 1.29 is 0 Å². The minimum absolute atomic E-state index is 0.460. The van der Waals surface area contributed by atoms with Crippen LogP contribution in [0.5, 0.6) is 0 Å². The molecule has 0 saturated carbocycles. The molecule has 3 aliphatic carbocycles. The average molecular weight is 785 g/mol. The number of benzene rings is 4. The highest BCUT2D eigenvalue weighted by Gasteiger charge is 2.27. The van der Waals surface area contributed by atoms with Crippen LogP contribution in [0, 0.1) is 0 Å². The number of para-hydroxylation sites is 3. The first-order chi connectivity index (χ1) is 25.7. The van der Waals surface area contributed by atoms with Gasteiger partial charge in [-0.3, -0.25) is 4.57 Å². The van der Waals surface area contributed by atoms with Crippen LogP contribution in [0.15, 0.2) is 144 Å². The molecule has 1 unspecified atom stereocenters. The van der Waals surface area contributed by atoms with Crippen molar-refractivity contribution in [2.45, 2.75) is 44.9 Å². The standard InChI is InChI=1S/C47H37IN4/c1-30-15-14-26-40-44(30)35-21-9-13-25-39(35)52(40)43-29-42(48-47(49-43)31-16-4-2-5-17-31)51-38-24-12-10-22-36(38)45-41(51)28-27-34-33-20-8-11-23-37(33)50(46(34)45)32-18-6-3-7-19-32/h2-4,6,8-14,16,18,20-30H,5,7,15,17,19H2,1H3. The number of hydrogen-bond donors (Lipinski definition) is 0. The molecule has 0 amide bonds. The first-order valence-electron chi connectivity index (χ1n) is 18.5. The molecule has 5 heteroatoms. The molecule has 0 N–H and O–H groups in total. The highest BCUT2D eigenvalue weighted by atomic mass is 127. The molecule has 4 aromatic carbocycles. The number of fused-ring (bicyclic) bond motifs is 10. The molecule has 0 bridgehead atoms. The Hall–Kier alpha value is -5.27. The third-order valence-corrected chi connectivity index (χ3v) is 14.1. The molecule has 0 spiro atoms. The molecule has 1 atom stereocenters. The summed E-state index contributed by atoms with van der Waals surface area (Å²) >= 11 is -0.607. The maximum Gasteiger partial charge on any atom is 0.141 e. The fraction of sp³-hybridized carbons (Fsp3) is 0.149. The normalized spacial score (nSPS) is 18.8. The highest BCUT2D eigenvalue weighted by molar-refractivity contribution is 14.2. The van der Waals surface area contributed by atoms with E-state index in [1.54, 1.807) is 0 Å². The van der Waals surface area contributed by atoms with Gasteiger partial charge in [0, 0.05) is 38.7 Å². The third kappa shape index (κ3) is 4.44. The Morgan fingerprint density at radius 1 is 0.654 bits per heavy atom. The largest absolute Gasteiger partial charge is 0.312 e. The number of halogens is 1. The predicted octanol–water partition coefficient (Wildman–Crippen LogP) is 12.7. The summed E-state index contributed by atoms with van der Waals surface area (Å²) in [7, 11) is 0. The zero-order valence-corrected chi connectivity index (χ0v) is 31.2. The molecule has 0 saturated heterocycles. The summed E-state index contributed by atoms with van der Waals surface area (Å²) < 4.78 is 10.2. The van der Waals surface area contributed by atoms with Gasteiger partial charge in [-0.2, -0.15) is 0 Å². The van der Waals surface area contributed by atoms with Crippen molar-refractivity contribution in [2.75, 3.05) is 0 Å². The van der Waals surface area contributed by atoms with Crippen LogP contribution in [-0.2, 0) is 0 Å². The van der Waals surface area contributed by atoms with E-state index in [1.807, 2.05) is 0 Å². The minimum Gasteiger partial charge on any atom is -0.312 e. The zero-order valence-electron chi connectivity index (χ0n) is 29.1. The summed E-state index contributed by atoms with van der Waals surface area (Å²) in [5.74, 6) is 1.48. The van der Waals surface area contributed by atoms with Crippen molar-refractivity contribution in [1.82, 2.24) is 13.7 Å². The molecule has 11 rings (SSSR count). The quantitative estimate of drug-likeness (QED) is 0.159. The molecule has 4 nitrogen and oxygen atoms in total. The van der Waals surface area contributed by atoms with Crippen molar-refractivity contribution >= 4 is 100 Å². The Morgan fingerprint density at radius 2 is 1.37 bits per heavy atom. The average Bonchev–Trinajstić information content (AvgIpc) is 3.85. The Labute approximate surface area is 312 Å². The van der Waals surface area contributed by atoms with Crippen molar-refractivity contribution in [3.8, 4) is 0 Å². The van der Waals surface area contributed by atoms with Gasteiger partial charge in [0.05, 0.1) is 36.9 Å². The summed E-state index contributed by atoms with van der Waals surface area (Å²) in [6, 6.07) is 31.7. The first kappa shape index (κ1) is 30.4. The maximum atomic E-state index is 5.61. The summed E-state index contributed by atoms with van der Waals surface area (Å²) in [4.78, 5) is 5.61. The number of aromatic nitrogens is 3. The van der Waals surface area contributed by atoms with Gasteiger partial charge in [-0.25, -0.2) is 4.99 Å². The summed E-state index contributed by atoms with van der Waals surface area (Å²) in [6.07, 6.45) is 26.0. The molecular formula is C47H37IN4. The van der Waals surface area contributed by atoms with Gasteiger partial charge in [-0.15, -0.1) is 0 Å². The number of nitrogens with zero attached hydrogens (tertiary/aromatic N) is 4. The Bertz CT molecular complexity index is 2940. The number of aliphatic imine (C=N–C) groups is 1. The lowest BCUT2D eigenvalue weighted by Gasteiger charge is -2.21. The molecule has 252 valence electrons. The van der Waals surface area contributed by atoms with Crippen molar-refractivity contribution in [2.24, 2.45) is 4.99 Å². The van der Waals surface area contributed by atoms with Gasteiger partial charge in [0.25, 0.3) is 0 Å². The molecule has 1 aliphatic heterocycles. The van der Waals surface area contributed by atoms with Crippen LogP contribution in [-0.4, -0.2) is 21.1 Å². The van der Waals surface area contributed by atoms with E-state index in [1.165, 1.54) is 84.4 Å². The molecule has 0 fully saturated rings. The summed E-state index contributed by atoms with van der Waals surface area (Å²) in [5.41, 5.74) is 11.8. The Morgan fingerprint density at radius 3 is 2.13 bits per heavy atom. The Kier molecular flexibility index (Phi) is 6.94. The molecule has 4 heterocycles. The Balaban J connectivity index is 1.24. The molecular weight excluding hydrogens is 747 g/mol. The second-order valence-electron chi connectivity index (χ2n) is 14.4. The lowest BCUT2D eigenvalue weighted by molar-refractivity contribution is 0.773. The van der Waals surface area contributed by atoms with Gasteiger partial charge in [-0.1, -0.05) is 104 Å². The van der Waals surface area contributed by atoms with Gasteiger partial charge in [-0.05, 0) is 106 Å². The number of hydrogen-bond acceptors (Lipinski definition) is 1. The topological polar surface area (TPSA) is 27.1 Å². The van der Waals surface area contributed by atoms with E-state index in [9.17, 15) is 0 Å². The maximum absolute atomic E-state index is 5.61. The fourth-order valence-electron chi connectivity index (χ4n) is 9.04. The van der Waals surface area contributed by atoms with E-state index in [0.29, 0.717) is 5.92 Å². The van der Waals surface area contributed by atoms with Crippen LogP contribution in [0.3, 0.4) is 0 Å². The zero-order chi connectivity index (χ0) is 34.3. The van der Waals surface area contributed by atoms with Gasteiger partial charge in [0.15, 0.2) is 0 Å².